The number of hydrogen-bond acceptors (Lipinski definition) is 13. The van der Waals surface area contributed by atoms with Crippen molar-refractivity contribution in [3.05, 3.63) is 142 Å². The van der Waals surface area contributed by atoms with Crippen LogP contribution in [0.4, 0.5) is 0 Å². The van der Waals surface area contributed by atoms with E-state index in [9.17, 15) is 49.8 Å². The minimum absolute atomic E-state index is 0.216. The average Bonchev–Trinajstić information content (AvgIpc) is 3.19. The lowest BCUT2D eigenvalue weighted by Crippen LogP contribution is -2.31. The van der Waals surface area contributed by atoms with Crippen LogP contribution in [0, 0.1) is 0 Å². The molecule has 13 heteroatoms. The van der Waals surface area contributed by atoms with Gasteiger partial charge in [0, 0.05) is 22.3 Å². The summed E-state index contributed by atoms with van der Waals surface area (Å²) in [4.78, 5) is 50.6. The van der Waals surface area contributed by atoms with E-state index in [4.69, 9.17) is 14.2 Å². The van der Waals surface area contributed by atoms with Gasteiger partial charge >= 0.3 is 0 Å². The van der Waals surface area contributed by atoms with Gasteiger partial charge in [-0.15, -0.1) is 0 Å². The summed E-state index contributed by atoms with van der Waals surface area (Å²) in [5, 5.41) is 62.5. The third kappa shape index (κ3) is 13.6. The summed E-state index contributed by atoms with van der Waals surface area (Å²) < 4.78 is 18.0. The molecule has 13 nitrogen and oxygen atoms in total. The monoisotopic (exact) mass is 842 g/mol. The van der Waals surface area contributed by atoms with E-state index < -0.39 is 70.0 Å². The molecule has 4 rings (SSSR count). The van der Waals surface area contributed by atoms with Crippen molar-refractivity contribution in [2.45, 2.75) is 102 Å². The number of carbonyl (C=O) groups excluding carboxylic acids is 4. The van der Waals surface area contributed by atoms with Crippen molar-refractivity contribution in [2.24, 2.45) is 0 Å². The molecule has 0 bridgehead atoms. The van der Waals surface area contributed by atoms with Gasteiger partial charge < -0.3 is 44.8 Å². The fourth-order valence-corrected chi connectivity index (χ4v) is 6.27. The summed E-state index contributed by atoms with van der Waals surface area (Å²) in [7, 11) is 0. The molecule has 61 heavy (non-hydrogen) atoms. The van der Waals surface area contributed by atoms with E-state index in [0.29, 0.717) is 22.3 Å². The second-order valence-electron chi connectivity index (χ2n) is 17.3. The molecule has 4 aromatic carbocycles. The zero-order valence-corrected chi connectivity index (χ0v) is 35.9. The molecule has 0 spiro atoms. The molecule has 2 atom stereocenters. The van der Waals surface area contributed by atoms with E-state index in [1.807, 2.05) is 0 Å². The highest BCUT2D eigenvalue weighted by Crippen LogP contribution is 2.30. The van der Waals surface area contributed by atoms with Crippen LogP contribution >= 0.6 is 0 Å². The molecular weight excluding hydrogens is 785 g/mol. The molecule has 0 amide bonds. The lowest BCUT2D eigenvalue weighted by Gasteiger charge is -2.23. The Labute approximate surface area is 356 Å². The molecular formula is C48H58O13. The number of hydrogen-bond donors (Lipinski definition) is 6. The maximum Gasteiger partial charge on any atom is 0.193 e. The van der Waals surface area contributed by atoms with Crippen molar-refractivity contribution in [2.75, 3.05) is 26.4 Å². The summed E-state index contributed by atoms with van der Waals surface area (Å²) in [5.74, 6) is -1.87. The highest BCUT2D eigenvalue weighted by molar-refractivity contribution is 6.03. The van der Waals surface area contributed by atoms with E-state index in [1.165, 1.54) is 55.4 Å². The maximum absolute atomic E-state index is 12.6. The molecule has 0 aliphatic carbocycles. The van der Waals surface area contributed by atoms with Crippen LogP contribution in [-0.2, 0) is 14.2 Å². The van der Waals surface area contributed by atoms with Gasteiger partial charge in [-0.3, -0.25) is 19.2 Å². The van der Waals surface area contributed by atoms with E-state index >= 15 is 0 Å². The van der Waals surface area contributed by atoms with E-state index in [2.05, 4.69) is 0 Å². The Morgan fingerprint density at radius 2 is 0.590 bits per heavy atom. The standard InChI is InChI=1S/C48H58O13/c1-45(2,55)41(51)33-17-9-29(10-18-33)39(30-11-19-34(20-12-30)42(52)46(3,4)56)60-27-37(49)25-59-26-38(50)28-61-40(31-13-21-35(22-14-31)43(53)47(5,6)57)32-15-23-36(24-16-32)44(54)48(7,8)58/h9-24,37-40,49-50,55-58H,25-28H2,1-8H3. The first-order valence-electron chi connectivity index (χ1n) is 19.9. The van der Waals surface area contributed by atoms with Gasteiger partial charge in [0.05, 0.1) is 26.4 Å². The number of carbonyl (C=O) groups is 4. The highest BCUT2D eigenvalue weighted by Gasteiger charge is 2.29. The van der Waals surface area contributed by atoms with Gasteiger partial charge in [0.15, 0.2) is 23.1 Å². The van der Waals surface area contributed by atoms with Gasteiger partial charge in [-0.1, -0.05) is 97.1 Å². The SMILES string of the molecule is CC(C)(O)C(=O)c1ccc(C(OCC(O)COCC(O)COC(c2ccc(C(=O)C(C)(C)O)cc2)c2ccc(C(=O)C(C)(C)O)cc2)c2ccc(C(=O)C(C)(C)O)cc2)cc1. The topological polar surface area (TPSA) is 217 Å². The van der Waals surface area contributed by atoms with Crippen molar-refractivity contribution in [3.8, 4) is 0 Å². The first kappa shape index (κ1) is 48.9. The molecule has 0 aliphatic rings. The molecule has 0 fully saturated rings. The van der Waals surface area contributed by atoms with Crippen LogP contribution in [0.1, 0.15) is 131 Å². The third-order valence-corrected chi connectivity index (χ3v) is 9.66. The number of ether oxygens (including phenoxy) is 3. The van der Waals surface area contributed by atoms with E-state index in [0.717, 1.165) is 0 Å². The smallest absolute Gasteiger partial charge is 0.193 e. The van der Waals surface area contributed by atoms with Gasteiger partial charge in [0.2, 0.25) is 0 Å². The summed E-state index contributed by atoms with van der Waals surface area (Å²) in [6.45, 7) is 10.3. The van der Waals surface area contributed by atoms with Gasteiger partial charge in [-0.25, -0.2) is 0 Å². The summed E-state index contributed by atoms with van der Waals surface area (Å²) in [6, 6.07) is 25.8. The summed E-state index contributed by atoms with van der Waals surface area (Å²) in [5.41, 5.74) is -2.70. The van der Waals surface area contributed by atoms with Crippen molar-refractivity contribution in [3.63, 3.8) is 0 Å². The molecule has 6 N–H and O–H groups in total. The lowest BCUT2D eigenvalue weighted by molar-refractivity contribution is -0.0690. The zero-order valence-electron chi connectivity index (χ0n) is 35.9. The Bertz CT molecular complexity index is 1800. The molecule has 0 aromatic heterocycles. The van der Waals surface area contributed by atoms with Crippen LogP contribution in [0.3, 0.4) is 0 Å². The number of Topliss-reactive ketones (excluding diaryl/α,β-unsaturated/α-hetero) is 4. The molecule has 0 aliphatic heterocycles. The minimum Gasteiger partial charge on any atom is -0.388 e. The van der Waals surface area contributed by atoms with Crippen molar-refractivity contribution in [1.29, 1.82) is 0 Å². The molecule has 0 saturated carbocycles. The fourth-order valence-electron chi connectivity index (χ4n) is 6.27. The van der Waals surface area contributed by atoms with Gasteiger partial charge in [-0.2, -0.15) is 0 Å². The largest absolute Gasteiger partial charge is 0.388 e. The number of aliphatic hydroxyl groups is 6. The Morgan fingerprint density at radius 3 is 0.770 bits per heavy atom. The number of ketones is 4. The Balaban J connectivity index is 1.43. The van der Waals surface area contributed by atoms with Crippen molar-refractivity contribution in [1.82, 2.24) is 0 Å². The second-order valence-corrected chi connectivity index (χ2v) is 17.3. The predicted molar refractivity (Wildman–Crippen MR) is 227 cm³/mol. The zero-order chi connectivity index (χ0) is 45.5. The Kier molecular flexibility index (Phi) is 16.0. The maximum atomic E-state index is 12.6. The molecule has 2 unspecified atom stereocenters. The molecule has 0 heterocycles. The average molecular weight is 843 g/mol. The Hall–Kier alpha value is -4.80. The van der Waals surface area contributed by atoms with Crippen LogP contribution in [0.15, 0.2) is 97.1 Å². The van der Waals surface area contributed by atoms with Crippen LogP contribution in [0.5, 0.6) is 0 Å². The molecule has 328 valence electrons. The number of rotatable bonds is 22. The Morgan fingerprint density at radius 1 is 0.393 bits per heavy atom. The van der Waals surface area contributed by atoms with Crippen LogP contribution in [-0.4, -0.2) is 115 Å². The van der Waals surface area contributed by atoms with E-state index in [-0.39, 0.29) is 48.7 Å². The summed E-state index contributed by atoms with van der Waals surface area (Å²) >= 11 is 0. The fraction of sp³-hybridized carbons (Fsp3) is 0.417. The summed E-state index contributed by atoms with van der Waals surface area (Å²) in [6.07, 6.45) is -3.84. The first-order chi connectivity index (χ1) is 28.3. The van der Waals surface area contributed by atoms with Gasteiger partial charge in [-0.05, 0) is 77.6 Å². The molecule has 0 radical (unpaired) electrons. The van der Waals surface area contributed by atoms with E-state index in [1.54, 1.807) is 97.1 Å². The number of aliphatic hydroxyl groups excluding tert-OH is 2. The second kappa shape index (κ2) is 19.9. The van der Waals surface area contributed by atoms with Crippen LogP contribution in [0.2, 0.25) is 0 Å². The van der Waals surface area contributed by atoms with Gasteiger partial charge in [0.25, 0.3) is 0 Å². The number of benzene rings is 4. The molecule has 0 saturated heterocycles. The van der Waals surface area contributed by atoms with Gasteiger partial charge in [0.1, 0.15) is 46.8 Å². The normalized spacial score (nSPS) is 13.6. The van der Waals surface area contributed by atoms with Crippen molar-refractivity contribution < 1.29 is 64.0 Å². The first-order valence-corrected chi connectivity index (χ1v) is 19.9. The molecule has 4 aromatic rings. The highest BCUT2D eigenvalue weighted by atomic mass is 16.5. The third-order valence-electron chi connectivity index (χ3n) is 9.66. The van der Waals surface area contributed by atoms with Crippen LogP contribution in [0.25, 0.3) is 0 Å². The van der Waals surface area contributed by atoms with Crippen LogP contribution < -0.4 is 0 Å². The van der Waals surface area contributed by atoms with Crippen molar-refractivity contribution >= 4 is 23.1 Å². The lowest BCUT2D eigenvalue weighted by atomic mass is 9.92. The minimum atomic E-state index is -1.58. The quantitative estimate of drug-likeness (QED) is 0.0565. The predicted octanol–water partition coefficient (Wildman–Crippen LogP) is 5.15.